The largest absolute Gasteiger partial charge is 0.497 e. The summed E-state index contributed by atoms with van der Waals surface area (Å²) in [5.41, 5.74) is 1.96. The van der Waals surface area contributed by atoms with Crippen molar-refractivity contribution in [1.29, 1.82) is 0 Å². The Hall–Kier alpha value is -2.06. The highest BCUT2D eigenvalue weighted by Gasteiger charge is 2.12. The molecule has 0 aliphatic rings. The maximum Gasteiger partial charge on any atom is 0.208 e. The molecule has 2 heterocycles. The van der Waals surface area contributed by atoms with E-state index in [2.05, 4.69) is 20.6 Å². The third kappa shape index (κ3) is 3.70. The van der Waals surface area contributed by atoms with Crippen molar-refractivity contribution >= 4 is 23.1 Å². The molecule has 0 fully saturated rings. The number of hydrogen-bond donors (Lipinski definition) is 1. The maximum atomic E-state index is 5.45. The van der Waals surface area contributed by atoms with Gasteiger partial charge >= 0.3 is 0 Å². The van der Waals surface area contributed by atoms with Crippen LogP contribution in [0.3, 0.4) is 0 Å². The molecular weight excluding hydrogens is 344 g/mol. The van der Waals surface area contributed by atoms with Crippen molar-refractivity contribution in [3.05, 3.63) is 35.1 Å². The highest BCUT2D eigenvalue weighted by molar-refractivity contribution is 7.98. The number of nitrogens with zero attached hydrogens (tertiary/aromatic N) is 3. The van der Waals surface area contributed by atoms with E-state index in [1.165, 1.54) is 0 Å². The van der Waals surface area contributed by atoms with E-state index in [0.29, 0.717) is 0 Å². The van der Waals surface area contributed by atoms with Crippen molar-refractivity contribution in [2.45, 2.75) is 24.3 Å². The van der Waals surface area contributed by atoms with Crippen LogP contribution in [0.25, 0.3) is 10.6 Å². The number of rotatable bonds is 7. The number of hydrogen-bond acceptors (Lipinski definition) is 7. The SMILES string of the molecule is CCc1nc(SCc2csc(-c3ccc(OC)cc3OC)n2)n[nH]1. The van der Waals surface area contributed by atoms with Crippen LogP contribution in [0, 0.1) is 0 Å². The first kappa shape index (κ1) is 16.8. The molecule has 3 aromatic rings. The molecule has 0 saturated heterocycles. The average Bonchev–Trinajstić information content (AvgIpc) is 3.28. The summed E-state index contributed by atoms with van der Waals surface area (Å²) in [6, 6.07) is 5.74. The smallest absolute Gasteiger partial charge is 0.208 e. The summed E-state index contributed by atoms with van der Waals surface area (Å²) in [5.74, 6) is 3.15. The zero-order chi connectivity index (χ0) is 16.9. The average molecular weight is 362 g/mol. The van der Waals surface area contributed by atoms with E-state index in [1.807, 2.05) is 25.1 Å². The van der Waals surface area contributed by atoms with E-state index >= 15 is 0 Å². The van der Waals surface area contributed by atoms with Crippen molar-refractivity contribution in [3.8, 4) is 22.1 Å². The molecule has 0 amide bonds. The van der Waals surface area contributed by atoms with Gasteiger partial charge in [-0.25, -0.2) is 9.97 Å². The van der Waals surface area contributed by atoms with Crippen molar-refractivity contribution in [2.24, 2.45) is 0 Å². The van der Waals surface area contributed by atoms with Crippen LogP contribution in [0.2, 0.25) is 0 Å². The molecule has 3 rings (SSSR count). The van der Waals surface area contributed by atoms with Gasteiger partial charge in [-0.2, -0.15) is 0 Å². The molecule has 24 heavy (non-hydrogen) atoms. The standard InChI is InChI=1S/C16H18N4O2S2/c1-4-14-18-16(20-19-14)24-9-10-8-23-15(17-10)12-6-5-11(21-2)7-13(12)22-3/h5-8H,4,9H2,1-3H3,(H,18,19,20). The molecule has 126 valence electrons. The summed E-state index contributed by atoms with van der Waals surface area (Å²) >= 11 is 3.17. The Morgan fingerprint density at radius 1 is 1.21 bits per heavy atom. The first-order chi connectivity index (χ1) is 11.7. The number of aromatic nitrogens is 4. The summed E-state index contributed by atoms with van der Waals surface area (Å²) in [7, 11) is 3.29. The molecule has 0 unspecified atom stereocenters. The van der Waals surface area contributed by atoms with Gasteiger partial charge in [-0.05, 0) is 12.1 Å². The summed E-state index contributed by atoms with van der Waals surface area (Å²) in [6.07, 6.45) is 0.853. The number of aromatic amines is 1. The number of methoxy groups -OCH3 is 2. The van der Waals surface area contributed by atoms with Crippen LogP contribution in [0.4, 0.5) is 0 Å². The Labute approximate surface area is 148 Å². The van der Waals surface area contributed by atoms with Crippen molar-refractivity contribution < 1.29 is 9.47 Å². The predicted molar refractivity (Wildman–Crippen MR) is 96.0 cm³/mol. The molecule has 6 nitrogen and oxygen atoms in total. The molecule has 0 saturated carbocycles. The summed E-state index contributed by atoms with van der Waals surface area (Å²) < 4.78 is 10.7. The van der Waals surface area contributed by atoms with Gasteiger partial charge in [0, 0.05) is 23.6 Å². The van der Waals surface area contributed by atoms with Crippen LogP contribution in [0.15, 0.2) is 28.7 Å². The molecule has 8 heteroatoms. The Morgan fingerprint density at radius 2 is 2.08 bits per heavy atom. The number of thioether (sulfide) groups is 1. The van der Waals surface area contributed by atoms with Gasteiger partial charge < -0.3 is 9.47 Å². The number of ether oxygens (including phenoxy) is 2. The van der Waals surface area contributed by atoms with Gasteiger partial charge in [0.1, 0.15) is 22.3 Å². The molecule has 0 aliphatic heterocycles. The Balaban J connectivity index is 1.73. The van der Waals surface area contributed by atoms with Gasteiger partial charge in [-0.15, -0.1) is 16.4 Å². The van der Waals surface area contributed by atoms with E-state index < -0.39 is 0 Å². The lowest BCUT2D eigenvalue weighted by Gasteiger charge is -2.08. The zero-order valence-corrected chi connectivity index (χ0v) is 15.3. The molecule has 1 aromatic carbocycles. The van der Waals surface area contributed by atoms with Crippen LogP contribution < -0.4 is 9.47 Å². The number of nitrogens with one attached hydrogen (secondary N) is 1. The summed E-state index contributed by atoms with van der Waals surface area (Å²) in [5, 5.41) is 10.8. The monoisotopic (exact) mass is 362 g/mol. The Morgan fingerprint density at radius 3 is 2.79 bits per heavy atom. The van der Waals surface area contributed by atoms with Crippen molar-refractivity contribution in [3.63, 3.8) is 0 Å². The van der Waals surface area contributed by atoms with Gasteiger partial charge in [0.2, 0.25) is 5.16 Å². The van der Waals surface area contributed by atoms with Gasteiger partial charge in [0.25, 0.3) is 0 Å². The normalized spacial score (nSPS) is 10.8. The molecule has 0 atom stereocenters. The van der Waals surface area contributed by atoms with E-state index in [4.69, 9.17) is 14.5 Å². The van der Waals surface area contributed by atoms with Crippen LogP contribution in [-0.4, -0.2) is 34.4 Å². The van der Waals surface area contributed by atoms with Crippen LogP contribution in [0.1, 0.15) is 18.4 Å². The second kappa shape index (κ2) is 7.67. The fourth-order valence-corrected chi connectivity index (χ4v) is 3.78. The second-order valence-corrected chi connectivity index (χ2v) is 6.72. The lowest BCUT2D eigenvalue weighted by molar-refractivity contribution is 0.395. The fraction of sp³-hybridized carbons (Fsp3) is 0.312. The molecule has 0 spiro atoms. The fourth-order valence-electron chi connectivity index (χ4n) is 2.11. The number of aryl methyl sites for hydroxylation is 1. The quantitative estimate of drug-likeness (QED) is 0.645. The lowest BCUT2D eigenvalue weighted by atomic mass is 10.2. The van der Waals surface area contributed by atoms with Crippen LogP contribution >= 0.6 is 23.1 Å². The summed E-state index contributed by atoms with van der Waals surface area (Å²) in [6.45, 7) is 2.05. The minimum atomic E-state index is 0.732. The van der Waals surface area contributed by atoms with E-state index in [9.17, 15) is 0 Å². The molecule has 0 aliphatic carbocycles. The minimum absolute atomic E-state index is 0.732. The Kier molecular flexibility index (Phi) is 5.37. The lowest BCUT2D eigenvalue weighted by Crippen LogP contribution is -1.90. The predicted octanol–water partition coefficient (Wildman–Crippen LogP) is 3.80. The van der Waals surface area contributed by atoms with Crippen molar-refractivity contribution in [1.82, 2.24) is 20.2 Å². The maximum absolute atomic E-state index is 5.45. The molecule has 0 radical (unpaired) electrons. The minimum Gasteiger partial charge on any atom is -0.497 e. The van der Waals surface area contributed by atoms with Gasteiger partial charge in [-0.3, -0.25) is 5.10 Å². The van der Waals surface area contributed by atoms with Crippen LogP contribution in [-0.2, 0) is 12.2 Å². The first-order valence-corrected chi connectivity index (χ1v) is 9.31. The highest BCUT2D eigenvalue weighted by atomic mass is 32.2. The highest BCUT2D eigenvalue weighted by Crippen LogP contribution is 2.35. The van der Waals surface area contributed by atoms with Crippen LogP contribution in [0.5, 0.6) is 11.5 Å². The van der Waals surface area contributed by atoms with Gasteiger partial charge in [0.05, 0.1) is 25.5 Å². The first-order valence-electron chi connectivity index (χ1n) is 7.44. The third-order valence-corrected chi connectivity index (χ3v) is 5.19. The van der Waals surface area contributed by atoms with Gasteiger partial charge in [-0.1, -0.05) is 18.7 Å². The number of benzene rings is 1. The zero-order valence-electron chi connectivity index (χ0n) is 13.7. The number of H-pyrrole nitrogens is 1. The Bertz CT molecular complexity index is 816. The van der Waals surface area contributed by atoms with E-state index in [0.717, 1.165) is 50.9 Å². The molecular formula is C16H18N4O2S2. The van der Waals surface area contributed by atoms with Crippen molar-refractivity contribution in [2.75, 3.05) is 14.2 Å². The van der Waals surface area contributed by atoms with Gasteiger partial charge in [0.15, 0.2) is 0 Å². The van der Waals surface area contributed by atoms with E-state index in [1.54, 1.807) is 37.3 Å². The molecule has 2 aromatic heterocycles. The molecule has 0 bridgehead atoms. The summed E-state index contributed by atoms with van der Waals surface area (Å²) in [4.78, 5) is 9.09. The second-order valence-electron chi connectivity index (χ2n) is 4.92. The number of thiazole rings is 1. The third-order valence-electron chi connectivity index (χ3n) is 3.39. The van der Waals surface area contributed by atoms with E-state index in [-0.39, 0.29) is 0 Å². The topological polar surface area (TPSA) is 72.9 Å². The molecule has 1 N–H and O–H groups in total.